The fraction of sp³-hybridized carbons (Fsp3) is 0.286. The van der Waals surface area contributed by atoms with Gasteiger partial charge in [0.1, 0.15) is 11.9 Å². The van der Waals surface area contributed by atoms with Crippen molar-refractivity contribution in [2.45, 2.75) is 25.8 Å². The van der Waals surface area contributed by atoms with Crippen molar-refractivity contribution in [2.75, 3.05) is 5.73 Å². The molecule has 0 unspecified atom stereocenters. The first-order chi connectivity index (χ1) is 8.79. The molecule has 18 heavy (non-hydrogen) atoms. The molecule has 0 aliphatic carbocycles. The maximum Gasteiger partial charge on any atom is 0.162 e. The first kappa shape index (κ1) is 10.8. The molecule has 1 aliphatic rings. The summed E-state index contributed by atoms with van der Waals surface area (Å²) in [7, 11) is 0. The predicted molar refractivity (Wildman–Crippen MR) is 69.7 cm³/mol. The normalized spacial score (nSPS) is 13.9. The van der Waals surface area contributed by atoms with Crippen LogP contribution in [0.1, 0.15) is 24.2 Å². The van der Waals surface area contributed by atoms with Gasteiger partial charge in [-0.2, -0.15) is 5.26 Å². The molecule has 4 heteroatoms. The first-order valence-electron chi connectivity index (χ1n) is 6.15. The summed E-state index contributed by atoms with van der Waals surface area (Å²) in [5.74, 6) is 0.869. The molecule has 2 heterocycles. The second-order valence-corrected chi connectivity index (χ2v) is 4.58. The topological polar surface area (TPSA) is 67.6 Å². The molecule has 4 nitrogen and oxygen atoms in total. The molecule has 90 valence electrons. The van der Waals surface area contributed by atoms with Crippen molar-refractivity contribution in [3.8, 4) is 17.5 Å². The predicted octanol–water partition coefficient (Wildman–Crippen LogP) is 2.34. The van der Waals surface area contributed by atoms with E-state index in [0.717, 1.165) is 48.6 Å². The lowest BCUT2D eigenvalue weighted by Gasteiger charge is -2.16. The smallest absolute Gasteiger partial charge is 0.162 e. The number of aromatic nitrogens is 2. The molecule has 0 saturated heterocycles. The van der Waals surface area contributed by atoms with Gasteiger partial charge in [-0.3, -0.25) is 0 Å². The number of hydrogen-bond acceptors (Lipinski definition) is 3. The van der Waals surface area contributed by atoms with Gasteiger partial charge in [0.05, 0.1) is 5.69 Å². The summed E-state index contributed by atoms with van der Waals surface area (Å²) in [6.07, 6.45) is 3.22. The van der Waals surface area contributed by atoms with E-state index in [2.05, 4.69) is 15.6 Å². The van der Waals surface area contributed by atoms with Crippen LogP contribution in [-0.2, 0) is 13.0 Å². The van der Waals surface area contributed by atoms with Gasteiger partial charge in [0.15, 0.2) is 5.69 Å². The Labute approximate surface area is 106 Å². The third-order valence-corrected chi connectivity index (χ3v) is 3.37. The Bertz CT molecular complexity index is 634. The minimum Gasteiger partial charge on any atom is -0.399 e. The summed E-state index contributed by atoms with van der Waals surface area (Å²) < 4.78 is 2.16. The zero-order chi connectivity index (χ0) is 12.5. The average molecular weight is 238 g/mol. The van der Waals surface area contributed by atoms with Crippen molar-refractivity contribution < 1.29 is 0 Å². The van der Waals surface area contributed by atoms with Crippen LogP contribution < -0.4 is 5.73 Å². The number of nitrogen functional groups attached to an aromatic ring is 1. The fourth-order valence-electron chi connectivity index (χ4n) is 2.53. The van der Waals surface area contributed by atoms with Crippen LogP contribution in [0.15, 0.2) is 24.3 Å². The van der Waals surface area contributed by atoms with Crippen LogP contribution in [0.4, 0.5) is 5.69 Å². The molecule has 1 aliphatic heterocycles. The Balaban J connectivity index is 2.18. The molecule has 0 atom stereocenters. The van der Waals surface area contributed by atoms with Crippen LogP contribution in [0.25, 0.3) is 11.4 Å². The molecule has 1 aromatic heterocycles. The Morgan fingerprint density at radius 2 is 2.22 bits per heavy atom. The van der Waals surface area contributed by atoms with Gasteiger partial charge in [0.2, 0.25) is 0 Å². The highest BCUT2D eigenvalue weighted by molar-refractivity contribution is 5.63. The molecule has 0 amide bonds. The molecule has 3 rings (SSSR count). The van der Waals surface area contributed by atoms with Gasteiger partial charge in [0.25, 0.3) is 0 Å². The third-order valence-electron chi connectivity index (χ3n) is 3.37. The number of nitrogens with two attached hydrogens (primary N) is 1. The Morgan fingerprint density at radius 1 is 1.33 bits per heavy atom. The van der Waals surface area contributed by atoms with Gasteiger partial charge in [-0.25, -0.2) is 4.98 Å². The number of nitrogens with zero attached hydrogens (tertiary/aromatic N) is 3. The van der Waals surface area contributed by atoms with Crippen LogP contribution in [0.2, 0.25) is 0 Å². The SMILES string of the molecule is N#Cc1nc(-c2cccc(N)c2)n2c1CCCC2. The maximum atomic E-state index is 9.16. The summed E-state index contributed by atoms with van der Waals surface area (Å²) in [6, 6.07) is 9.87. The van der Waals surface area contributed by atoms with Crippen molar-refractivity contribution >= 4 is 5.69 Å². The number of fused-ring (bicyclic) bond motifs is 1. The Kier molecular flexibility index (Phi) is 2.52. The van der Waals surface area contributed by atoms with E-state index in [1.165, 1.54) is 0 Å². The molecule has 0 saturated carbocycles. The molecular formula is C14H14N4. The summed E-state index contributed by atoms with van der Waals surface area (Å²) in [5.41, 5.74) is 9.15. The lowest BCUT2D eigenvalue weighted by atomic mass is 10.1. The van der Waals surface area contributed by atoms with Crippen LogP contribution in [0.5, 0.6) is 0 Å². The second-order valence-electron chi connectivity index (χ2n) is 4.58. The van der Waals surface area contributed by atoms with Crippen LogP contribution in [0.3, 0.4) is 0 Å². The van der Waals surface area contributed by atoms with E-state index in [-0.39, 0.29) is 0 Å². The van der Waals surface area contributed by atoms with Gasteiger partial charge in [-0.1, -0.05) is 12.1 Å². The minimum absolute atomic E-state index is 0.562. The standard InChI is InChI=1S/C14H14N4/c15-9-12-13-6-1-2-7-18(13)14(17-12)10-4-3-5-11(16)8-10/h3-5,8H,1-2,6-7,16H2. The Morgan fingerprint density at radius 3 is 3.00 bits per heavy atom. The molecule has 2 aromatic rings. The molecule has 0 fully saturated rings. The second kappa shape index (κ2) is 4.19. The fourth-order valence-corrected chi connectivity index (χ4v) is 2.53. The lowest BCUT2D eigenvalue weighted by Crippen LogP contribution is -2.11. The highest BCUT2D eigenvalue weighted by Crippen LogP contribution is 2.28. The number of nitriles is 1. The molecule has 0 radical (unpaired) electrons. The number of benzene rings is 1. The van der Waals surface area contributed by atoms with Gasteiger partial charge in [0, 0.05) is 17.8 Å². The number of anilines is 1. The van der Waals surface area contributed by atoms with Gasteiger partial charge in [-0.05, 0) is 31.4 Å². The quantitative estimate of drug-likeness (QED) is 0.775. The zero-order valence-corrected chi connectivity index (χ0v) is 10.1. The maximum absolute atomic E-state index is 9.16. The van der Waals surface area contributed by atoms with Crippen LogP contribution in [-0.4, -0.2) is 9.55 Å². The number of rotatable bonds is 1. The van der Waals surface area contributed by atoms with Crippen molar-refractivity contribution in [1.82, 2.24) is 9.55 Å². The summed E-state index contributed by atoms with van der Waals surface area (Å²) in [4.78, 5) is 4.47. The van der Waals surface area contributed by atoms with E-state index < -0.39 is 0 Å². The third kappa shape index (κ3) is 1.65. The van der Waals surface area contributed by atoms with Crippen molar-refractivity contribution in [3.05, 3.63) is 35.7 Å². The van der Waals surface area contributed by atoms with Crippen molar-refractivity contribution in [1.29, 1.82) is 5.26 Å². The molecule has 0 spiro atoms. The molecule has 2 N–H and O–H groups in total. The van der Waals surface area contributed by atoms with Crippen molar-refractivity contribution in [2.24, 2.45) is 0 Å². The molecule has 0 bridgehead atoms. The van der Waals surface area contributed by atoms with Gasteiger partial charge >= 0.3 is 0 Å². The summed E-state index contributed by atoms with van der Waals surface area (Å²) >= 11 is 0. The highest BCUT2D eigenvalue weighted by atomic mass is 15.1. The number of hydrogen-bond donors (Lipinski definition) is 1. The first-order valence-corrected chi connectivity index (χ1v) is 6.15. The molecule has 1 aromatic carbocycles. The van der Waals surface area contributed by atoms with Crippen molar-refractivity contribution in [3.63, 3.8) is 0 Å². The molecular weight excluding hydrogens is 224 g/mol. The van der Waals surface area contributed by atoms with Gasteiger partial charge < -0.3 is 10.3 Å². The van der Waals surface area contributed by atoms with E-state index in [1.807, 2.05) is 24.3 Å². The van der Waals surface area contributed by atoms with Gasteiger partial charge in [-0.15, -0.1) is 0 Å². The van der Waals surface area contributed by atoms with E-state index in [9.17, 15) is 0 Å². The lowest BCUT2D eigenvalue weighted by molar-refractivity contribution is 0.535. The highest BCUT2D eigenvalue weighted by Gasteiger charge is 2.20. The average Bonchev–Trinajstić information content (AvgIpc) is 2.77. The Hall–Kier alpha value is -2.28. The van der Waals surface area contributed by atoms with Crippen LogP contribution in [0, 0.1) is 11.3 Å². The van der Waals surface area contributed by atoms with E-state index in [1.54, 1.807) is 0 Å². The minimum atomic E-state index is 0.562. The summed E-state index contributed by atoms with van der Waals surface area (Å²) in [6.45, 7) is 0.939. The monoisotopic (exact) mass is 238 g/mol. The number of imidazole rings is 1. The van der Waals surface area contributed by atoms with E-state index in [0.29, 0.717) is 5.69 Å². The van der Waals surface area contributed by atoms with E-state index >= 15 is 0 Å². The zero-order valence-electron chi connectivity index (χ0n) is 10.1. The largest absolute Gasteiger partial charge is 0.399 e. The summed E-state index contributed by atoms with van der Waals surface area (Å²) in [5, 5.41) is 9.16. The van der Waals surface area contributed by atoms with Crippen LogP contribution >= 0.6 is 0 Å². The van der Waals surface area contributed by atoms with E-state index in [4.69, 9.17) is 11.0 Å².